The summed E-state index contributed by atoms with van der Waals surface area (Å²) >= 11 is -1.38. The van der Waals surface area contributed by atoms with Crippen molar-refractivity contribution in [2.45, 2.75) is 121 Å². The number of hydrogen-bond donors (Lipinski definition) is 0. The maximum Gasteiger partial charge on any atom is 0.210 e. The lowest BCUT2D eigenvalue weighted by Crippen LogP contribution is -2.28. The zero-order valence-electron chi connectivity index (χ0n) is 31.2. The van der Waals surface area contributed by atoms with Crippen LogP contribution >= 0.6 is 0 Å². The Morgan fingerprint density at radius 3 is 2.14 bits per heavy atom. The topological polar surface area (TPSA) is 66.7 Å². The molecule has 0 saturated heterocycles. The number of allylic oxidation sites excluding steroid dienone is 6. The van der Waals surface area contributed by atoms with Gasteiger partial charge in [0, 0.05) is 60.0 Å². The van der Waals surface area contributed by atoms with E-state index < -0.39 is 20.9 Å². The fraction of sp³-hybridized carbons (Fsp3) is 0.537. The van der Waals surface area contributed by atoms with Gasteiger partial charge in [-0.05, 0) is 68.7 Å². The Bertz CT molecular complexity index is 1730. The summed E-state index contributed by atoms with van der Waals surface area (Å²) < 4.78 is 44.8. The Hall–Kier alpha value is -2.97. The number of anilines is 1. The summed E-state index contributed by atoms with van der Waals surface area (Å²) in [5, 5.41) is 0. The number of nitrogens with zero attached hydrogens (tertiary/aromatic N) is 2. The second-order valence-corrected chi connectivity index (χ2v) is 17.7. The molecule has 0 spiro atoms. The summed E-state index contributed by atoms with van der Waals surface area (Å²) in [7, 11) is -3.31. The van der Waals surface area contributed by atoms with Crippen LogP contribution in [0.4, 0.5) is 11.4 Å². The molecule has 2 aromatic rings. The third-order valence-electron chi connectivity index (χ3n) is 10.1. The van der Waals surface area contributed by atoms with Crippen molar-refractivity contribution < 1.29 is 21.4 Å². The van der Waals surface area contributed by atoms with Crippen LogP contribution in [0.25, 0.3) is 0 Å². The monoisotopic (exact) mass is 707 g/mol. The van der Waals surface area contributed by atoms with E-state index in [2.05, 4.69) is 87.5 Å². The van der Waals surface area contributed by atoms with E-state index in [9.17, 15) is 12.6 Å². The standard InChI is InChI=1S/C41H59N2O4S2/c1-9-11-13-15-20-28-42-36-26-24-32(47-48(7)44)30-34(36)40(3,4)38(42)22-18-17-19-23-39-41(5,6)35-31-33(49(8,45)46)25-27-37(35)43(39)29-21-16-14-12-10-2/h17-19,22-27,30-31H,9-16,20-21,28-29H2,1-8H3/q+1. The quantitative estimate of drug-likeness (QED) is 0.0877. The first kappa shape index (κ1) is 38.8. The summed E-state index contributed by atoms with van der Waals surface area (Å²) in [6, 6.07) is 11.7. The Kier molecular flexibility index (Phi) is 13.3. The van der Waals surface area contributed by atoms with Gasteiger partial charge in [0.2, 0.25) is 16.8 Å². The Morgan fingerprint density at radius 2 is 1.49 bits per heavy atom. The summed E-state index contributed by atoms with van der Waals surface area (Å²) in [6.45, 7) is 15.2. The molecule has 0 saturated carbocycles. The van der Waals surface area contributed by atoms with E-state index in [4.69, 9.17) is 4.18 Å². The largest absolute Gasteiger partial charge is 0.401 e. The number of unbranched alkanes of at least 4 members (excludes halogenated alkanes) is 8. The maximum atomic E-state index is 12.5. The number of hydrogen-bond acceptors (Lipinski definition) is 5. The van der Waals surface area contributed by atoms with E-state index >= 15 is 0 Å². The third kappa shape index (κ3) is 9.23. The van der Waals surface area contributed by atoms with Crippen molar-refractivity contribution in [1.82, 2.24) is 0 Å². The normalized spacial score (nSPS) is 18.2. The number of rotatable bonds is 18. The molecule has 1 unspecified atom stereocenters. The van der Waals surface area contributed by atoms with Gasteiger partial charge in [-0.3, -0.25) is 0 Å². The Labute approximate surface area is 299 Å². The van der Waals surface area contributed by atoms with Gasteiger partial charge in [0.25, 0.3) is 0 Å². The smallest absolute Gasteiger partial charge is 0.210 e. The number of fused-ring (bicyclic) bond motifs is 2. The van der Waals surface area contributed by atoms with Gasteiger partial charge in [0.15, 0.2) is 15.5 Å². The highest BCUT2D eigenvalue weighted by molar-refractivity contribution is 7.90. The second-order valence-electron chi connectivity index (χ2n) is 14.7. The predicted octanol–water partition coefficient (Wildman–Crippen LogP) is 9.87. The summed E-state index contributed by atoms with van der Waals surface area (Å²) in [5.74, 6) is 0.631. The van der Waals surface area contributed by atoms with Crippen molar-refractivity contribution >= 4 is 38.0 Å². The van der Waals surface area contributed by atoms with Crippen molar-refractivity contribution in [2.24, 2.45) is 0 Å². The van der Waals surface area contributed by atoms with Crippen molar-refractivity contribution in [3.8, 4) is 5.75 Å². The number of benzene rings is 2. The molecule has 2 aliphatic heterocycles. The Balaban J connectivity index is 1.64. The average Bonchev–Trinajstić information content (AvgIpc) is 3.37. The number of sulfone groups is 1. The molecule has 6 nitrogen and oxygen atoms in total. The van der Waals surface area contributed by atoms with Gasteiger partial charge in [0.1, 0.15) is 12.3 Å². The summed E-state index contributed by atoms with van der Waals surface area (Å²) in [5.41, 5.74) is 6.37. The van der Waals surface area contributed by atoms with Crippen molar-refractivity contribution in [3.63, 3.8) is 0 Å². The van der Waals surface area contributed by atoms with Crippen LogP contribution in [-0.2, 0) is 31.7 Å². The second kappa shape index (κ2) is 16.8. The molecule has 2 aliphatic rings. The van der Waals surface area contributed by atoms with Gasteiger partial charge in [-0.25, -0.2) is 12.6 Å². The van der Waals surface area contributed by atoms with Crippen LogP contribution < -0.4 is 9.08 Å². The molecule has 0 radical (unpaired) electrons. The molecule has 1 atom stereocenters. The molecular formula is C41H59N2O4S2+. The lowest BCUT2D eigenvalue weighted by atomic mass is 9.81. The fourth-order valence-electron chi connectivity index (χ4n) is 7.31. The third-order valence-corrected chi connectivity index (χ3v) is 11.6. The van der Waals surface area contributed by atoms with E-state index in [-0.39, 0.29) is 10.8 Å². The van der Waals surface area contributed by atoms with Crippen LogP contribution in [0.5, 0.6) is 5.75 Å². The van der Waals surface area contributed by atoms with Gasteiger partial charge in [-0.1, -0.05) is 90.9 Å². The van der Waals surface area contributed by atoms with Gasteiger partial charge in [-0.15, -0.1) is 0 Å². The minimum atomic E-state index is -3.31. The van der Waals surface area contributed by atoms with Gasteiger partial charge >= 0.3 is 0 Å². The van der Waals surface area contributed by atoms with E-state index in [1.807, 2.05) is 24.3 Å². The molecule has 2 aromatic carbocycles. The molecule has 0 aromatic heterocycles. The molecule has 0 aliphatic carbocycles. The Morgan fingerprint density at radius 1 is 0.816 bits per heavy atom. The molecule has 4 rings (SSSR count). The molecule has 268 valence electrons. The van der Waals surface area contributed by atoms with E-state index in [0.717, 1.165) is 37.2 Å². The van der Waals surface area contributed by atoms with Gasteiger partial charge < -0.3 is 9.08 Å². The van der Waals surface area contributed by atoms with E-state index in [1.54, 1.807) is 12.3 Å². The molecule has 49 heavy (non-hydrogen) atoms. The zero-order valence-corrected chi connectivity index (χ0v) is 32.8. The minimum Gasteiger partial charge on any atom is -0.401 e. The molecule has 8 heteroatoms. The molecule has 0 N–H and O–H groups in total. The van der Waals surface area contributed by atoms with Crippen molar-refractivity contribution in [3.05, 3.63) is 83.6 Å². The predicted molar refractivity (Wildman–Crippen MR) is 208 cm³/mol. The van der Waals surface area contributed by atoms with Crippen LogP contribution in [0.1, 0.15) is 117 Å². The molecular weight excluding hydrogens is 649 g/mol. The lowest BCUT2D eigenvalue weighted by molar-refractivity contribution is -0.438. The highest BCUT2D eigenvalue weighted by atomic mass is 32.2. The highest BCUT2D eigenvalue weighted by Crippen LogP contribution is 2.48. The summed E-state index contributed by atoms with van der Waals surface area (Å²) in [4.78, 5) is 2.77. The van der Waals surface area contributed by atoms with Gasteiger partial charge in [-0.2, -0.15) is 4.58 Å². The highest BCUT2D eigenvalue weighted by Gasteiger charge is 2.44. The first-order chi connectivity index (χ1) is 23.2. The minimum absolute atomic E-state index is 0.253. The maximum absolute atomic E-state index is 12.5. The fourth-order valence-corrected chi connectivity index (χ4v) is 8.34. The summed E-state index contributed by atoms with van der Waals surface area (Å²) in [6.07, 6.45) is 25.7. The van der Waals surface area contributed by atoms with Crippen LogP contribution in [0.2, 0.25) is 0 Å². The van der Waals surface area contributed by atoms with Crippen LogP contribution in [0.15, 0.2) is 77.4 Å². The molecule has 0 amide bonds. The first-order valence-corrected chi connectivity index (χ1v) is 21.6. The first-order valence-electron chi connectivity index (χ1n) is 18.2. The molecule has 2 heterocycles. The van der Waals surface area contributed by atoms with E-state index in [0.29, 0.717) is 10.6 Å². The van der Waals surface area contributed by atoms with Crippen molar-refractivity contribution in [1.29, 1.82) is 0 Å². The van der Waals surface area contributed by atoms with Gasteiger partial charge in [0.05, 0.1) is 10.3 Å². The van der Waals surface area contributed by atoms with E-state index in [1.165, 1.54) is 80.3 Å². The van der Waals surface area contributed by atoms with Crippen LogP contribution in [-0.4, -0.2) is 48.5 Å². The SMILES string of the molecule is CCCCCCCN1C(=CC=CC=CC2=[N+](CCCCCCC)c3ccc(OS(C)=O)cc3C2(C)C)C(C)(C)c2cc(S(C)(=O)=O)ccc21. The molecule has 0 bridgehead atoms. The zero-order chi connectivity index (χ0) is 35.8. The molecule has 0 fully saturated rings. The van der Waals surface area contributed by atoms with Crippen LogP contribution in [0.3, 0.4) is 0 Å². The van der Waals surface area contributed by atoms with Crippen molar-refractivity contribution in [2.75, 3.05) is 30.5 Å². The van der Waals surface area contributed by atoms with Crippen LogP contribution in [0, 0.1) is 0 Å². The average molecular weight is 708 g/mol. The lowest BCUT2D eigenvalue weighted by Gasteiger charge is -2.27.